The van der Waals surface area contributed by atoms with Crippen LogP contribution in [0.2, 0.25) is 0 Å². The summed E-state index contributed by atoms with van der Waals surface area (Å²) in [6.07, 6.45) is 3.82. The fourth-order valence-corrected chi connectivity index (χ4v) is 2.56. The Kier molecular flexibility index (Phi) is 6.52. The summed E-state index contributed by atoms with van der Waals surface area (Å²) in [4.78, 5) is 16.0. The molecule has 1 saturated heterocycles. The lowest BCUT2D eigenvalue weighted by Gasteiger charge is -2.23. The summed E-state index contributed by atoms with van der Waals surface area (Å²) in [5, 5.41) is 9.19. The fraction of sp³-hybridized carbons (Fsp3) is 0.923. The highest BCUT2D eigenvalue weighted by atomic mass is 16.3. The molecule has 1 aliphatic heterocycles. The molecule has 1 fully saturated rings. The quantitative estimate of drug-likeness (QED) is 0.727. The van der Waals surface area contributed by atoms with E-state index < -0.39 is 0 Å². The topological polar surface area (TPSA) is 43.8 Å². The van der Waals surface area contributed by atoms with Crippen LogP contribution in [0.5, 0.6) is 0 Å². The molecule has 1 atom stereocenters. The van der Waals surface area contributed by atoms with E-state index in [1.165, 1.54) is 6.42 Å². The third kappa shape index (κ3) is 4.28. The molecule has 0 spiro atoms. The molecule has 1 heterocycles. The predicted octanol–water partition coefficient (Wildman–Crippen LogP) is 1.09. The van der Waals surface area contributed by atoms with Crippen molar-refractivity contribution >= 4 is 5.91 Å². The van der Waals surface area contributed by atoms with Gasteiger partial charge >= 0.3 is 0 Å². The van der Waals surface area contributed by atoms with E-state index >= 15 is 0 Å². The van der Waals surface area contributed by atoms with Gasteiger partial charge in [-0.3, -0.25) is 9.69 Å². The van der Waals surface area contributed by atoms with Gasteiger partial charge in [0.15, 0.2) is 0 Å². The van der Waals surface area contributed by atoms with Crippen molar-refractivity contribution in [2.45, 2.75) is 45.6 Å². The highest BCUT2D eigenvalue weighted by Gasteiger charge is 2.23. The smallest absolute Gasteiger partial charge is 0.222 e. The minimum Gasteiger partial charge on any atom is -0.395 e. The van der Waals surface area contributed by atoms with Gasteiger partial charge < -0.3 is 10.0 Å². The van der Waals surface area contributed by atoms with Gasteiger partial charge in [-0.25, -0.2) is 0 Å². The molecule has 17 heavy (non-hydrogen) atoms. The molecule has 0 aliphatic carbocycles. The van der Waals surface area contributed by atoms with Gasteiger partial charge in [0.2, 0.25) is 5.91 Å². The number of rotatable bonds is 7. The summed E-state index contributed by atoms with van der Waals surface area (Å²) in [5.41, 5.74) is 0. The molecule has 0 unspecified atom stereocenters. The molecular formula is C13H26N2O2. The second-order valence-corrected chi connectivity index (χ2v) is 4.68. The van der Waals surface area contributed by atoms with E-state index in [4.69, 9.17) is 0 Å². The monoisotopic (exact) mass is 242 g/mol. The molecule has 0 aromatic heterocycles. The molecular weight excluding hydrogens is 216 g/mol. The first-order valence-corrected chi connectivity index (χ1v) is 6.85. The molecule has 1 N–H and O–H groups in total. The summed E-state index contributed by atoms with van der Waals surface area (Å²) >= 11 is 0. The van der Waals surface area contributed by atoms with Crippen molar-refractivity contribution < 1.29 is 9.90 Å². The van der Waals surface area contributed by atoms with Crippen molar-refractivity contribution in [3.05, 3.63) is 0 Å². The summed E-state index contributed by atoms with van der Waals surface area (Å²) in [6.45, 7) is 7.91. The second-order valence-electron chi connectivity index (χ2n) is 4.68. The second kappa shape index (κ2) is 7.67. The van der Waals surface area contributed by atoms with Gasteiger partial charge in [0.1, 0.15) is 0 Å². The van der Waals surface area contributed by atoms with Crippen LogP contribution in [-0.2, 0) is 4.79 Å². The maximum Gasteiger partial charge on any atom is 0.222 e. The van der Waals surface area contributed by atoms with Crippen LogP contribution in [-0.4, -0.2) is 59.6 Å². The number of aliphatic hydroxyl groups is 1. The van der Waals surface area contributed by atoms with Crippen LogP contribution in [0.4, 0.5) is 0 Å². The molecule has 0 saturated carbocycles. The predicted molar refractivity (Wildman–Crippen MR) is 68.8 cm³/mol. The van der Waals surface area contributed by atoms with E-state index in [9.17, 15) is 9.90 Å². The van der Waals surface area contributed by atoms with Crippen molar-refractivity contribution in [3.63, 3.8) is 0 Å². The number of likely N-dealkylation sites (tertiary alicyclic amines) is 1. The first-order valence-electron chi connectivity index (χ1n) is 6.85. The van der Waals surface area contributed by atoms with Crippen molar-refractivity contribution in [3.8, 4) is 0 Å². The molecule has 0 aromatic carbocycles. The normalized spacial score (nSPS) is 20.8. The highest BCUT2D eigenvalue weighted by molar-refractivity contribution is 5.76. The van der Waals surface area contributed by atoms with Crippen molar-refractivity contribution in [1.29, 1.82) is 0 Å². The minimum atomic E-state index is 0.254. The SMILES string of the molecule is CCN(CC)C(=O)CCCN1CCC[C@@H]1CO. The molecule has 1 amide bonds. The third-order valence-corrected chi connectivity index (χ3v) is 3.66. The van der Waals surface area contributed by atoms with Gasteiger partial charge in [0, 0.05) is 25.6 Å². The average molecular weight is 242 g/mol. The molecule has 4 heteroatoms. The highest BCUT2D eigenvalue weighted by Crippen LogP contribution is 2.17. The van der Waals surface area contributed by atoms with Gasteiger partial charge in [-0.05, 0) is 46.2 Å². The van der Waals surface area contributed by atoms with Crippen LogP contribution in [0.15, 0.2) is 0 Å². The summed E-state index contributed by atoms with van der Waals surface area (Å²) in [6, 6.07) is 0.332. The van der Waals surface area contributed by atoms with Crippen LogP contribution in [0.1, 0.15) is 39.5 Å². The van der Waals surface area contributed by atoms with E-state index in [0.29, 0.717) is 12.5 Å². The Labute approximate surface area is 105 Å². The molecule has 1 rings (SSSR count). The lowest BCUT2D eigenvalue weighted by Crippen LogP contribution is -2.34. The number of carbonyl (C=O) groups excluding carboxylic acids is 1. The van der Waals surface area contributed by atoms with Crippen LogP contribution in [0.3, 0.4) is 0 Å². The van der Waals surface area contributed by atoms with Crippen LogP contribution >= 0.6 is 0 Å². The molecule has 0 radical (unpaired) electrons. The number of aliphatic hydroxyl groups excluding tert-OH is 1. The molecule has 0 aromatic rings. The van der Waals surface area contributed by atoms with E-state index in [1.54, 1.807) is 0 Å². The third-order valence-electron chi connectivity index (χ3n) is 3.66. The zero-order valence-electron chi connectivity index (χ0n) is 11.2. The Morgan fingerprint density at radius 1 is 1.41 bits per heavy atom. The number of hydrogen-bond donors (Lipinski definition) is 1. The van der Waals surface area contributed by atoms with Crippen LogP contribution in [0, 0.1) is 0 Å². The van der Waals surface area contributed by atoms with Gasteiger partial charge in [0.25, 0.3) is 0 Å². The molecule has 0 bridgehead atoms. The molecule has 1 aliphatic rings. The zero-order valence-corrected chi connectivity index (χ0v) is 11.2. The van der Waals surface area contributed by atoms with Gasteiger partial charge in [-0.15, -0.1) is 0 Å². The van der Waals surface area contributed by atoms with E-state index in [-0.39, 0.29) is 12.5 Å². The maximum absolute atomic E-state index is 11.8. The van der Waals surface area contributed by atoms with Gasteiger partial charge in [-0.2, -0.15) is 0 Å². The number of amides is 1. The molecule has 4 nitrogen and oxygen atoms in total. The Bertz CT molecular complexity index is 229. The first-order chi connectivity index (χ1) is 8.22. The fourth-order valence-electron chi connectivity index (χ4n) is 2.56. The van der Waals surface area contributed by atoms with Crippen molar-refractivity contribution in [1.82, 2.24) is 9.80 Å². The first kappa shape index (κ1) is 14.5. The lowest BCUT2D eigenvalue weighted by molar-refractivity contribution is -0.131. The van der Waals surface area contributed by atoms with Crippen LogP contribution < -0.4 is 0 Å². The Balaban J connectivity index is 2.20. The zero-order chi connectivity index (χ0) is 12.7. The minimum absolute atomic E-state index is 0.254. The van der Waals surface area contributed by atoms with Crippen LogP contribution in [0.25, 0.3) is 0 Å². The lowest BCUT2D eigenvalue weighted by atomic mass is 10.2. The van der Waals surface area contributed by atoms with Gasteiger partial charge in [-0.1, -0.05) is 0 Å². The number of nitrogens with zero attached hydrogens (tertiary/aromatic N) is 2. The summed E-state index contributed by atoms with van der Waals surface area (Å²) in [7, 11) is 0. The van der Waals surface area contributed by atoms with E-state index in [0.717, 1.165) is 39.0 Å². The number of carbonyl (C=O) groups is 1. The average Bonchev–Trinajstić information content (AvgIpc) is 2.78. The van der Waals surface area contributed by atoms with Gasteiger partial charge in [0.05, 0.1) is 6.61 Å². The Morgan fingerprint density at radius 2 is 2.12 bits per heavy atom. The Hall–Kier alpha value is -0.610. The summed E-state index contributed by atoms with van der Waals surface area (Å²) in [5.74, 6) is 0.259. The largest absolute Gasteiger partial charge is 0.395 e. The standard InChI is InChI=1S/C13H26N2O2/c1-3-14(4-2)13(17)8-6-10-15-9-5-7-12(15)11-16/h12,16H,3-11H2,1-2H3/t12-/m1/s1. The Morgan fingerprint density at radius 3 is 2.71 bits per heavy atom. The molecule has 100 valence electrons. The summed E-state index contributed by atoms with van der Waals surface area (Å²) < 4.78 is 0. The van der Waals surface area contributed by atoms with Crippen molar-refractivity contribution in [2.24, 2.45) is 0 Å². The van der Waals surface area contributed by atoms with E-state index in [1.807, 2.05) is 18.7 Å². The van der Waals surface area contributed by atoms with Crippen molar-refractivity contribution in [2.75, 3.05) is 32.8 Å². The maximum atomic E-state index is 11.8. The van der Waals surface area contributed by atoms with E-state index in [2.05, 4.69) is 4.90 Å². The number of hydrogen-bond acceptors (Lipinski definition) is 3.